The molecule has 0 amide bonds. The average molecular weight is 655 g/mol. The normalized spacial score (nSPS) is 23.7. The second kappa shape index (κ2) is 13.3. The monoisotopic (exact) mass is 654 g/mol. The van der Waals surface area contributed by atoms with Gasteiger partial charge in [-0.25, -0.2) is 13.8 Å². The van der Waals surface area contributed by atoms with Gasteiger partial charge in [0.1, 0.15) is 24.0 Å². The molecule has 1 unspecified atom stereocenters. The minimum Gasteiger partial charge on any atom is -0.462 e. The number of carbonyl (C=O) groups is 1. The lowest BCUT2D eigenvalue weighted by Crippen LogP contribution is -2.43. The largest absolute Gasteiger partial charge is 0.462 e. The number of aliphatic hydroxyl groups excluding tert-OH is 1. The Morgan fingerprint density at radius 3 is 2.66 bits per heavy atom. The molecule has 1 aliphatic rings. The van der Waals surface area contributed by atoms with Gasteiger partial charge in [0.05, 0.1) is 23.4 Å². The minimum absolute atomic E-state index is 0.0828. The topological polar surface area (TPSA) is 171 Å². The second-order valence-electron chi connectivity index (χ2n) is 10.7. The summed E-state index contributed by atoms with van der Waals surface area (Å²) in [4.78, 5) is 42.6. The summed E-state index contributed by atoms with van der Waals surface area (Å²) >= 11 is 6.29. The van der Waals surface area contributed by atoms with Crippen LogP contribution < -0.4 is 20.9 Å². The Kier molecular flexibility index (Phi) is 10.1. The van der Waals surface area contributed by atoms with Gasteiger partial charge in [0.15, 0.2) is 11.9 Å². The fraction of sp³-hybridized carbons (Fsp3) is 0.429. The van der Waals surface area contributed by atoms with E-state index in [1.807, 2.05) is 4.98 Å². The van der Waals surface area contributed by atoms with E-state index in [4.69, 9.17) is 30.1 Å². The lowest BCUT2D eigenvalue weighted by molar-refractivity contribution is -0.149. The molecule has 0 bridgehead atoms. The Morgan fingerprint density at radius 1 is 1.30 bits per heavy atom. The Labute approximate surface area is 256 Å². The molecule has 1 fully saturated rings. The Hall–Kier alpha value is -3.39. The molecular weight excluding hydrogens is 622 g/mol. The molecule has 2 aromatic heterocycles. The molecule has 13 nitrogen and oxygen atoms in total. The number of aromatic nitrogens is 3. The maximum Gasteiger partial charge on any atom is 0.459 e. The number of nitrogens with one attached hydrogen (secondary N) is 2. The van der Waals surface area contributed by atoms with Gasteiger partial charge in [-0.2, -0.15) is 5.09 Å². The molecule has 1 saturated heterocycles. The number of carbonyl (C=O) groups excluding carboxylic acids is 1. The van der Waals surface area contributed by atoms with Crippen molar-refractivity contribution in [2.75, 3.05) is 6.61 Å². The van der Waals surface area contributed by atoms with Gasteiger partial charge in [0.2, 0.25) is 0 Å². The molecule has 0 spiro atoms. The van der Waals surface area contributed by atoms with Gasteiger partial charge in [0, 0.05) is 24.0 Å². The number of aryl methyl sites for hydroxylation is 1. The molecular formula is C28H33ClFN4O9P. The smallest absolute Gasteiger partial charge is 0.459 e. The van der Waals surface area contributed by atoms with E-state index in [2.05, 4.69) is 10.1 Å². The summed E-state index contributed by atoms with van der Waals surface area (Å²) in [6.45, 7) is 6.76. The third-order valence-corrected chi connectivity index (χ3v) is 8.67. The molecule has 1 aliphatic heterocycles. The van der Waals surface area contributed by atoms with Gasteiger partial charge in [0.25, 0.3) is 5.56 Å². The van der Waals surface area contributed by atoms with E-state index in [9.17, 15) is 24.1 Å². The van der Waals surface area contributed by atoms with Gasteiger partial charge in [-0.15, -0.1) is 0 Å². The van der Waals surface area contributed by atoms with Crippen molar-refractivity contribution < 1.29 is 37.4 Å². The minimum atomic E-state index is -4.46. The summed E-state index contributed by atoms with van der Waals surface area (Å²) < 4.78 is 52.6. The van der Waals surface area contributed by atoms with Crippen LogP contribution in [0.3, 0.4) is 0 Å². The molecule has 6 atom stereocenters. The van der Waals surface area contributed by atoms with E-state index < -0.39 is 67.8 Å². The fourth-order valence-electron chi connectivity index (χ4n) is 4.53. The first-order valence-corrected chi connectivity index (χ1v) is 15.5. The maximum atomic E-state index is 15.7. The van der Waals surface area contributed by atoms with Crippen LogP contribution in [-0.2, 0) is 23.4 Å². The highest BCUT2D eigenvalue weighted by atomic mass is 35.5. The number of aromatic amines is 1. The van der Waals surface area contributed by atoms with Crippen molar-refractivity contribution in [3.63, 3.8) is 0 Å². The first kappa shape index (κ1) is 33.5. The van der Waals surface area contributed by atoms with Gasteiger partial charge in [-0.3, -0.25) is 28.6 Å². The van der Waals surface area contributed by atoms with Crippen molar-refractivity contribution in [2.45, 2.75) is 70.9 Å². The van der Waals surface area contributed by atoms with Crippen LogP contribution in [0.4, 0.5) is 4.39 Å². The van der Waals surface area contributed by atoms with Crippen LogP contribution in [0.5, 0.6) is 5.75 Å². The lowest BCUT2D eigenvalue weighted by atomic mass is 9.98. The van der Waals surface area contributed by atoms with Gasteiger partial charge >= 0.3 is 19.4 Å². The molecule has 0 radical (unpaired) electrons. The number of halogens is 2. The quantitative estimate of drug-likeness (QED) is 0.203. The SMILES string of the molecule is Cc1cc(OP(=O)(N[C@@H](C)C(=O)OC(C)C)OC[C@H]2O[C@@H](n3ccc(=O)[nH]c3=O)[C@](C)(F)[C@@H]2O)ccc1-c1ncccc1Cl. The van der Waals surface area contributed by atoms with E-state index in [1.165, 1.54) is 13.0 Å². The third kappa shape index (κ3) is 7.45. The number of benzene rings is 1. The Balaban J connectivity index is 1.59. The molecule has 3 N–H and O–H groups in total. The molecule has 16 heteroatoms. The predicted octanol–water partition coefficient (Wildman–Crippen LogP) is 3.68. The molecule has 238 valence electrons. The van der Waals surface area contributed by atoms with E-state index in [-0.39, 0.29) is 5.75 Å². The van der Waals surface area contributed by atoms with Crippen LogP contribution in [0.25, 0.3) is 11.3 Å². The average Bonchev–Trinajstić information content (AvgIpc) is 3.15. The highest BCUT2D eigenvalue weighted by Gasteiger charge is 2.56. The van der Waals surface area contributed by atoms with Crippen LogP contribution in [0.2, 0.25) is 5.02 Å². The Morgan fingerprint density at radius 2 is 2.02 bits per heavy atom. The number of aliphatic hydroxyl groups is 1. The zero-order chi connectivity index (χ0) is 32.4. The van der Waals surface area contributed by atoms with Gasteiger partial charge in [-0.05, 0) is 70.5 Å². The van der Waals surface area contributed by atoms with Gasteiger partial charge in [-0.1, -0.05) is 11.6 Å². The zero-order valence-corrected chi connectivity index (χ0v) is 26.2. The lowest BCUT2D eigenvalue weighted by Gasteiger charge is -2.25. The molecule has 4 rings (SSSR count). The molecule has 1 aromatic carbocycles. The highest BCUT2D eigenvalue weighted by molar-refractivity contribution is 7.52. The maximum absolute atomic E-state index is 15.7. The molecule has 3 heterocycles. The van der Waals surface area contributed by atoms with E-state index in [0.717, 1.165) is 23.8 Å². The number of hydrogen-bond donors (Lipinski definition) is 3. The van der Waals surface area contributed by atoms with E-state index in [1.54, 1.807) is 51.2 Å². The molecule has 44 heavy (non-hydrogen) atoms. The van der Waals surface area contributed by atoms with Crippen LogP contribution in [-0.4, -0.2) is 62.2 Å². The van der Waals surface area contributed by atoms with E-state index in [0.29, 0.717) is 21.8 Å². The van der Waals surface area contributed by atoms with Crippen molar-refractivity contribution in [3.8, 4) is 17.0 Å². The van der Waals surface area contributed by atoms with Crippen molar-refractivity contribution in [3.05, 3.63) is 80.2 Å². The Bertz CT molecular complexity index is 1680. The number of hydrogen-bond acceptors (Lipinski definition) is 10. The summed E-state index contributed by atoms with van der Waals surface area (Å²) in [5.41, 5.74) is -2.31. The third-order valence-electron chi connectivity index (χ3n) is 6.72. The molecule has 3 aromatic rings. The van der Waals surface area contributed by atoms with Crippen LogP contribution in [0.1, 0.15) is 39.5 Å². The number of pyridine rings is 1. The molecule has 0 aliphatic carbocycles. The van der Waals surface area contributed by atoms with Crippen molar-refractivity contribution >= 4 is 25.3 Å². The van der Waals surface area contributed by atoms with Gasteiger partial charge < -0.3 is 19.1 Å². The molecule has 0 saturated carbocycles. The standard InChI is InChI=1S/C28H33ClFN4O9P/c1-15(2)41-25(37)17(4)33-44(39,43-18-8-9-19(16(3)13-18)23-20(29)7-6-11-31-23)40-14-21-24(36)28(5,30)26(42-21)34-12-10-22(35)32-27(34)38/h6-13,15,17,21,24,26,36H,14H2,1-5H3,(H,33,39)(H,32,35,38)/t17-,21+,24+,26+,28+,44?/m0/s1. The summed E-state index contributed by atoms with van der Waals surface area (Å²) in [5, 5.41) is 13.7. The summed E-state index contributed by atoms with van der Waals surface area (Å²) in [7, 11) is -4.46. The van der Waals surface area contributed by atoms with Crippen molar-refractivity contribution in [2.24, 2.45) is 0 Å². The number of alkyl halides is 1. The summed E-state index contributed by atoms with van der Waals surface area (Å²) in [6.07, 6.45) is -2.79. The van der Waals surface area contributed by atoms with Crippen LogP contribution >= 0.6 is 19.3 Å². The second-order valence-corrected chi connectivity index (χ2v) is 12.8. The summed E-state index contributed by atoms with van der Waals surface area (Å²) in [5.74, 6) is -0.658. The first-order chi connectivity index (χ1) is 20.6. The van der Waals surface area contributed by atoms with E-state index >= 15 is 4.39 Å². The van der Waals surface area contributed by atoms with Crippen molar-refractivity contribution in [1.82, 2.24) is 19.6 Å². The van der Waals surface area contributed by atoms with Crippen molar-refractivity contribution in [1.29, 1.82) is 0 Å². The van der Waals surface area contributed by atoms with Crippen LogP contribution in [0.15, 0.2) is 58.4 Å². The number of nitrogens with zero attached hydrogens (tertiary/aromatic N) is 2. The predicted molar refractivity (Wildman–Crippen MR) is 158 cm³/mol. The highest BCUT2D eigenvalue weighted by Crippen LogP contribution is 2.48. The summed E-state index contributed by atoms with van der Waals surface area (Å²) in [6, 6.07) is 7.93. The first-order valence-electron chi connectivity index (χ1n) is 13.6. The van der Waals surface area contributed by atoms with Crippen LogP contribution in [0, 0.1) is 6.92 Å². The fourth-order valence-corrected chi connectivity index (χ4v) is 6.25. The zero-order valence-electron chi connectivity index (χ0n) is 24.5. The number of ether oxygens (including phenoxy) is 2. The number of esters is 1. The number of H-pyrrole nitrogens is 1. The number of rotatable bonds is 11.